The van der Waals surface area contributed by atoms with Gasteiger partial charge in [-0.05, 0) is 54.6 Å². The van der Waals surface area contributed by atoms with Crippen molar-refractivity contribution in [2.45, 2.75) is 55.6 Å². The second-order valence-electron chi connectivity index (χ2n) is 9.67. The van der Waals surface area contributed by atoms with Gasteiger partial charge in [-0.1, -0.05) is 25.3 Å². The number of carbonyl (C=O) groups excluding carboxylic acids is 1. The van der Waals surface area contributed by atoms with Crippen molar-refractivity contribution in [1.29, 1.82) is 0 Å². The van der Waals surface area contributed by atoms with E-state index < -0.39 is 16.3 Å². The van der Waals surface area contributed by atoms with E-state index in [1.54, 1.807) is 23.5 Å². The van der Waals surface area contributed by atoms with E-state index in [0.29, 0.717) is 31.0 Å². The van der Waals surface area contributed by atoms with Gasteiger partial charge in [-0.25, -0.2) is 8.42 Å². The molecule has 3 heterocycles. The first-order valence-electron chi connectivity index (χ1n) is 13.5. The van der Waals surface area contributed by atoms with Crippen molar-refractivity contribution >= 4 is 27.3 Å². The molecule has 1 aromatic carbocycles. The summed E-state index contributed by atoms with van der Waals surface area (Å²) in [6.45, 7) is 1.11. The molecule has 0 radical (unpaired) electrons. The van der Waals surface area contributed by atoms with Crippen molar-refractivity contribution < 1.29 is 32.5 Å². The Labute approximate surface area is 235 Å². The summed E-state index contributed by atoms with van der Waals surface area (Å²) in [4.78, 5) is 16.5. The van der Waals surface area contributed by atoms with E-state index in [2.05, 4.69) is 0 Å². The lowest BCUT2D eigenvalue weighted by Gasteiger charge is -2.32. The number of aliphatic hydroxyl groups is 1. The number of nitrogens with zero attached hydrogens (tertiary/aromatic N) is 2. The molecule has 11 heteroatoms. The number of rotatable bonds is 11. The van der Waals surface area contributed by atoms with Gasteiger partial charge in [0, 0.05) is 43.4 Å². The Kier molecular flexibility index (Phi) is 10.8. The number of methoxy groups -OCH3 is 1. The maximum absolute atomic E-state index is 13.4. The van der Waals surface area contributed by atoms with E-state index in [0.717, 1.165) is 30.6 Å². The molecule has 2 aliphatic rings. The van der Waals surface area contributed by atoms with Crippen LogP contribution >= 0.6 is 11.3 Å². The van der Waals surface area contributed by atoms with E-state index >= 15 is 0 Å². The first-order chi connectivity index (χ1) is 18.9. The number of aliphatic hydroxyl groups excluding tert-OH is 1. The molecule has 214 valence electrons. The Hall–Kier alpha value is -2.44. The number of hydrogen-bond acceptors (Lipinski definition) is 8. The molecular weight excluding hydrogens is 540 g/mol. The van der Waals surface area contributed by atoms with Gasteiger partial charge < -0.3 is 24.2 Å². The Morgan fingerprint density at radius 1 is 1.10 bits per heavy atom. The molecule has 2 atom stereocenters. The van der Waals surface area contributed by atoms with Gasteiger partial charge in [-0.3, -0.25) is 4.79 Å². The highest BCUT2D eigenvalue weighted by Crippen LogP contribution is 2.34. The van der Waals surface area contributed by atoms with Crippen LogP contribution in [0.15, 0.2) is 58.5 Å². The predicted octanol–water partition coefficient (Wildman–Crippen LogP) is 3.96. The number of thiophene rings is 1. The van der Waals surface area contributed by atoms with Gasteiger partial charge in [-0.2, -0.15) is 4.31 Å². The van der Waals surface area contributed by atoms with E-state index in [-0.39, 0.29) is 43.0 Å². The third-order valence-corrected chi connectivity index (χ3v) is 9.93. The summed E-state index contributed by atoms with van der Waals surface area (Å²) in [5, 5.41) is 11.5. The molecule has 2 aromatic rings. The number of sulfonamides is 1. The monoisotopic (exact) mass is 578 g/mol. The first-order valence-corrected chi connectivity index (χ1v) is 15.8. The molecule has 0 aliphatic carbocycles. The van der Waals surface area contributed by atoms with Crippen molar-refractivity contribution in [3.8, 4) is 5.75 Å². The number of hydrogen-bond donors (Lipinski definition) is 1. The third-order valence-electron chi connectivity index (χ3n) is 7.01. The number of carbonyl (C=O) groups is 1. The van der Waals surface area contributed by atoms with Gasteiger partial charge in [0.05, 0.1) is 25.2 Å². The van der Waals surface area contributed by atoms with E-state index in [9.17, 15) is 18.3 Å². The highest BCUT2D eigenvalue weighted by Gasteiger charge is 2.32. The van der Waals surface area contributed by atoms with E-state index in [4.69, 9.17) is 14.2 Å². The van der Waals surface area contributed by atoms with Crippen LogP contribution < -0.4 is 4.74 Å². The van der Waals surface area contributed by atoms with Crippen LogP contribution in [0.2, 0.25) is 0 Å². The van der Waals surface area contributed by atoms with Crippen LogP contribution in [0, 0.1) is 0 Å². The lowest BCUT2D eigenvalue weighted by molar-refractivity contribution is -0.153. The number of likely N-dealkylation sites (tertiary alicyclic amines) is 1. The number of amides is 1. The summed E-state index contributed by atoms with van der Waals surface area (Å²) in [6.07, 6.45) is 7.14. The largest absolute Gasteiger partial charge is 0.497 e. The average molecular weight is 579 g/mol. The molecular formula is C28H38N2O7S2. The molecule has 2 aliphatic heterocycles. The Bertz CT molecular complexity index is 1180. The highest BCUT2D eigenvalue weighted by molar-refractivity contribution is 7.89. The van der Waals surface area contributed by atoms with Crippen LogP contribution in [0.4, 0.5) is 0 Å². The Balaban J connectivity index is 1.43. The second-order valence-corrected chi connectivity index (χ2v) is 12.6. The first kappa shape index (κ1) is 29.5. The van der Waals surface area contributed by atoms with Crippen molar-refractivity contribution in [3.63, 3.8) is 0 Å². The lowest BCUT2D eigenvalue weighted by atomic mass is 9.99. The van der Waals surface area contributed by atoms with Gasteiger partial charge in [-0.15, -0.1) is 11.3 Å². The average Bonchev–Trinajstić information content (AvgIpc) is 3.47. The molecule has 0 saturated carbocycles. The fourth-order valence-corrected chi connectivity index (χ4v) is 7.09. The predicted molar refractivity (Wildman–Crippen MR) is 149 cm³/mol. The normalized spacial score (nSPS) is 20.6. The molecule has 39 heavy (non-hydrogen) atoms. The molecule has 1 amide bonds. The molecule has 1 fully saturated rings. The molecule has 1 aromatic heterocycles. The van der Waals surface area contributed by atoms with Gasteiger partial charge in [0.25, 0.3) is 5.91 Å². The number of ether oxygens (including phenoxy) is 3. The SMILES string of the molecule is COc1ccc(S(=O)(=O)N(CCO)CCO[C@@H]2C[C@H](c3cccs3)C=C(C(=O)N3CCCCCCC3)O2)cc1. The Morgan fingerprint density at radius 2 is 1.82 bits per heavy atom. The maximum atomic E-state index is 13.4. The fraction of sp³-hybridized carbons (Fsp3) is 0.536. The van der Waals surface area contributed by atoms with Crippen LogP contribution in [-0.4, -0.2) is 81.4 Å². The van der Waals surface area contributed by atoms with Crippen LogP contribution in [0.1, 0.15) is 49.3 Å². The third kappa shape index (κ3) is 7.82. The van der Waals surface area contributed by atoms with Crippen LogP contribution in [0.5, 0.6) is 5.75 Å². The molecule has 0 unspecified atom stereocenters. The Morgan fingerprint density at radius 3 is 2.46 bits per heavy atom. The topological polar surface area (TPSA) is 106 Å². The number of benzene rings is 1. The summed E-state index contributed by atoms with van der Waals surface area (Å²) in [6, 6.07) is 10.1. The van der Waals surface area contributed by atoms with Gasteiger partial charge in [0.1, 0.15) is 5.75 Å². The maximum Gasteiger partial charge on any atom is 0.288 e. The molecule has 0 bridgehead atoms. The van der Waals surface area contributed by atoms with E-state index in [1.807, 2.05) is 28.5 Å². The quantitative estimate of drug-likeness (QED) is 0.430. The molecule has 4 rings (SSSR count). The minimum absolute atomic E-state index is 0.0254. The van der Waals surface area contributed by atoms with Crippen LogP contribution in [-0.2, 0) is 24.3 Å². The van der Waals surface area contributed by atoms with Crippen molar-refractivity contribution in [2.75, 3.05) is 46.5 Å². The van der Waals surface area contributed by atoms with Gasteiger partial charge in [0.2, 0.25) is 16.3 Å². The summed E-state index contributed by atoms with van der Waals surface area (Å²) in [5.74, 6) is 0.697. The minimum atomic E-state index is -3.86. The fourth-order valence-electron chi connectivity index (χ4n) is 4.86. The van der Waals surface area contributed by atoms with Crippen molar-refractivity contribution in [2.24, 2.45) is 0 Å². The summed E-state index contributed by atoms with van der Waals surface area (Å²) in [7, 11) is -2.34. The highest BCUT2D eigenvalue weighted by atomic mass is 32.2. The van der Waals surface area contributed by atoms with Gasteiger partial charge >= 0.3 is 0 Å². The standard InChI is InChI=1S/C28H38N2O7S2/c1-35-23-9-11-24(12-10-23)39(33,34)30(15-17-31)16-18-36-27-21-22(26-8-7-19-38-26)20-25(37-27)28(32)29-13-5-3-2-4-6-14-29/h7-12,19-20,22,27,31H,2-6,13-18,21H2,1H3/t22-,27+/m1/s1. The molecule has 1 saturated heterocycles. The van der Waals surface area contributed by atoms with Crippen LogP contribution in [0.25, 0.3) is 0 Å². The van der Waals surface area contributed by atoms with Crippen molar-refractivity contribution in [3.05, 3.63) is 58.5 Å². The summed E-state index contributed by atoms with van der Waals surface area (Å²) < 4.78 is 44.8. The smallest absolute Gasteiger partial charge is 0.288 e. The zero-order valence-corrected chi connectivity index (χ0v) is 24.0. The second kappa shape index (κ2) is 14.3. The summed E-state index contributed by atoms with van der Waals surface area (Å²) >= 11 is 1.62. The minimum Gasteiger partial charge on any atom is -0.497 e. The molecule has 1 N–H and O–H groups in total. The molecule has 9 nitrogen and oxygen atoms in total. The van der Waals surface area contributed by atoms with Crippen molar-refractivity contribution in [1.82, 2.24) is 9.21 Å². The van der Waals surface area contributed by atoms with E-state index in [1.165, 1.54) is 30.0 Å². The zero-order valence-electron chi connectivity index (χ0n) is 22.4. The van der Waals surface area contributed by atoms with Crippen LogP contribution in [0.3, 0.4) is 0 Å². The summed E-state index contributed by atoms with van der Waals surface area (Å²) in [5.41, 5.74) is 0. The molecule has 0 spiro atoms. The van der Waals surface area contributed by atoms with Gasteiger partial charge in [0.15, 0.2) is 5.76 Å². The number of allylic oxidation sites excluding steroid dienone is 1. The zero-order chi connectivity index (χ0) is 27.7. The lowest BCUT2D eigenvalue weighted by Crippen LogP contribution is -2.39.